The minimum Gasteiger partial charge on any atom is -0.494 e. The molecule has 0 unspecified atom stereocenters. The van der Waals surface area contributed by atoms with E-state index in [4.69, 9.17) is 4.74 Å². The van der Waals surface area contributed by atoms with Crippen molar-refractivity contribution in [3.63, 3.8) is 0 Å². The van der Waals surface area contributed by atoms with Gasteiger partial charge in [-0.1, -0.05) is 6.07 Å². The molecular weight excluding hydrogens is 316 g/mol. The number of aryl methyl sites for hydroxylation is 1. The van der Waals surface area contributed by atoms with Gasteiger partial charge in [-0.2, -0.15) is 5.10 Å². The molecule has 128 valence electrons. The van der Waals surface area contributed by atoms with Crippen molar-refractivity contribution in [2.24, 2.45) is 0 Å². The van der Waals surface area contributed by atoms with Gasteiger partial charge >= 0.3 is 0 Å². The lowest BCUT2D eigenvalue weighted by molar-refractivity contribution is 0.0734. The van der Waals surface area contributed by atoms with Crippen LogP contribution in [0, 0.1) is 6.92 Å². The zero-order valence-electron chi connectivity index (χ0n) is 14.4. The van der Waals surface area contributed by atoms with Crippen LogP contribution in [0.5, 0.6) is 5.75 Å². The highest BCUT2D eigenvalue weighted by Crippen LogP contribution is 2.25. The molecule has 6 nitrogen and oxygen atoms in total. The number of amides is 1. The molecule has 0 spiro atoms. The highest BCUT2D eigenvalue weighted by Gasteiger charge is 2.23. The number of fused-ring (bicyclic) bond motifs is 2. The SMILES string of the molecule is CCOc1ccc2c(c1)CN(C(=O)c1cnc3n[nH]c(C)c3c1)CC2. The van der Waals surface area contributed by atoms with Crippen molar-refractivity contribution >= 4 is 16.9 Å². The first-order valence-corrected chi connectivity index (χ1v) is 8.50. The lowest BCUT2D eigenvalue weighted by Gasteiger charge is -2.29. The number of aromatic amines is 1. The van der Waals surface area contributed by atoms with Gasteiger partial charge in [0.25, 0.3) is 5.91 Å². The largest absolute Gasteiger partial charge is 0.494 e. The van der Waals surface area contributed by atoms with Crippen molar-refractivity contribution in [1.82, 2.24) is 20.1 Å². The van der Waals surface area contributed by atoms with E-state index >= 15 is 0 Å². The number of hydrogen-bond donors (Lipinski definition) is 1. The van der Waals surface area contributed by atoms with Crippen LogP contribution in [-0.2, 0) is 13.0 Å². The van der Waals surface area contributed by atoms with E-state index in [0.29, 0.717) is 30.9 Å². The number of benzene rings is 1. The van der Waals surface area contributed by atoms with E-state index in [1.165, 1.54) is 5.56 Å². The highest BCUT2D eigenvalue weighted by molar-refractivity contribution is 5.97. The number of hydrogen-bond acceptors (Lipinski definition) is 4. The molecule has 1 aliphatic rings. The van der Waals surface area contributed by atoms with Gasteiger partial charge in [-0.3, -0.25) is 9.89 Å². The second kappa shape index (κ2) is 6.20. The van der Waals surface area contributed by atoms with Gasteiger partial charge in [-0.25, -0.2) is 4.98 Å². The molecule has 4 rings (SSSR count). The van der Waals surface area contributed by atoms with Crippen LogP contribution in [-0.4, -0.2) is 39.1 Å². The standard InChI is InChI=1S/C19H20N4O2/c1-3-25-16-5-4-13-6-7-23(11-15(13)8-16)19(24)14-9-17-12(2)21-22-18(17)20-10-14/h4-5,8-10H,3,6-7,11H2,1-2H3,(H,20,21,22). The predicted octanol–water partition coefficient (Wildman–Crippen LogP) is 2.86. The van der Waals surface area contributed by atoms with E-state index in [1.807, 2.05) is 36.9 Å². The summed E-state index contributed by atoms with van der Waals surface area (Å²) in [4.78, 5) is 19.1. The van der Waals surface area contributed by atoms with Crippen molar-refractivity contribution in [3.8, 4) is 5.75 Å². The lowest BCUT2D eigenvalue weighted by atomic mass is 9.99. The lowest BCUT2D eigenvalue weighted by Crippen LogP contribution is -2.36. The zero-order valence-corrected chi connectivity index (χ0v) is 14.4. The summed E-state index contributed by atoms with van der Waals surface area (Å²) in [6, 6.07) is 8.01. The van der Waals surface area contributed by atoms with Gasteiger partial charge in [-0.05, 0) is 49.6 Å². The van der Waals surface area contributed by atoms with Gasteiger partial charge in [0.2, 0.25) is 0 Å². The number of nitrogens with zero attached hydrogens (tertiary/aromatic N) is 3. The number of pyridine rings is 1. The second-order valence-corrected chi connectivity index (χ2v) is 6.28. The maximum atomic E-state index is 12.9. The van der Waals surface area contributed by atoms with Gasteiger partial charge in [-0.15, -0.1) is 0 Å². The fourth-order valence-electron chi connectivity index (χ4n) is 3.28. The Hall–Kier alpha value is -2.89. The van der Waals surface area contributed by atoms with E-state index in [2.05, 4.69) is 21.2 Å². The average molecular weight is 336 g/mol. The zero-order chi connectivity index (χ0) is 17.4. The molecule has 0 atom stereocenters. The van der Waals surface area contributed by atoms with E-state index in [0.717, 1.165) is 28.8 Å². The number of H-pyrrole nitrogens is 1. The van der Waals surface area contributed by atoms with Crippen LogP contribution in [0.1, 0.15) is 34.1 Å². The number of ether oxygens (including phenoxy) is 1. The number of carbonyl (C=O) groups excluding carboxylic acids is 1. The minimum atomic E-state index is 0.00228. The van der Waals surface area contributed by atoms with Crippen molar-refractivity contribution in [1.29, 1.82) is 0 Å². The maximum absolute atomic E-state index is 12.9. The van der Waals surface area contributed by atoms with Crippen molar-refractivity contribution in [3.05, 3.63) is 52.8 Å². The van der Waals surface area contributed by atoms with Gasteiger partial charge in [0, 0.05) is 30.4 Å². The van der Waals surface area contributed by atoms with Crippen LogP contribution in [0.4, 0.5) is 0 Å². The van der Waals surface area contributed by atoms with E-state index in [1.54, 1.807) is 6.20 Å². The Morgan fingerprint density at radius 1 is 1.32 bits per heavy atom. The fourth-order valence-corrected chi connectivity index (χ4v) is 3.28. The molecule has 1 aliphatic heterocycles. The molecule has 6 heteroatoms. The summed E-state index contributed by atoms with van der Waals surface area (Å²) in [7, 11) is 0. The van der Waals surface area contributed by atoms with E-state index < -0.39 is 0 Å². The van der Waals surface area contributed by atoms with Crippen molar-refractivity contribution in [2.45, 2.75) is 26.8 Å². The van der Waals surface area contributed by atoms with Crippen molar-refractivity contribution < 1.29 is 9.53 Å². The number of aromatic nitrogens is 3. The first-order valence-electron chi connectivity index (χ1n) is 8.50. The van der Waals surface area contributed by atoms with Crippen LogP contribution >= 0.6 is 0 Å². The third-order valence-electron chi connectivity index (χ3n) is 4.64. The molecule has 0 radical (unpaired) electrons. The molecule has 0 aliphatic carbocycles. The van der Waals surface area contributed by atoms with Gasteiger partial charge in [0.1, 0.15) is 5.75 Å². The molecule has 1 N–H and O–H groups in total. The van der Waals surface area contributed by atoms with Crippen LogP contribution in [0.3, 0.4) is 0 Å². The smallest absolute Gasteiger partial charge is 0.255 e. The third kappa shape index (κ3) is 2.84. The molecule has 1 amide bonds. The van der Waals surface area contributed by atoms with Crippen LogP contribution in [0.2, 0.25) is 0 Å². The first-order chi connectivity index (χ1) is 12.2. The topological polar surface area (TPSA) is 71.1 Å². The summed E-state index contributed by atoms with van der Waals surface area (Å²) in [6.45, 7) is 5.84. The molecule has 3 heterocycles. The third-order valence-corrected chi connectivity index (χ3v) is 4.64. The van der Waals surface area contributed by atoms with Crippen LogP contribution in [0.15, 0.2) is 30.5 Å². The second-order valence-electron chi connectivity index (χ2n) is 6.28. The first kappa shape index (κ1) is 15.6. The predicted molar refractivity (Wildman–Crippen MR) is 94.7 cm³/mol. The Kier molecular flexibility index (Phi) is 3.87. The van der Waals surface area contributed by atoms with Crippen LogP contribution < -0.4 is 4.74 Å². The summed E-state index contributed by atoms with van der Waals surface area (Å²) < 4.78 is 5.58. The Morgan fingerprint density at radius 2 is 2.20 bits per heavy atom. The molecule has 0 fully saturated rings. The maximum Gasteiger partial charge on any atom is 0.255 e. The van der Waals surface area contributed by atoms with Crippen LogP contribution in [0.25, 0.3) is 11.0 Å². The molecule has 25 heavy (non-hydrogen) atoms. The molecule has 1 aromatic carbocycles. The Morgan fingerprint density at radius 3 is 3.04 bits per heavy atom. The molecule has 2 aromatic heterocycles. The Balaban J connectivity index is 1.60. The van der Waals surface area contributed by atoms with Gasteiger partial charge < -0.3 is 9.64 Å². The number of rotatable bonds is 3. The minimum absolute atomic E-state index is 0.00228. The quantitative estimate of drug-likeness (QED) is 0.798. The number of nitrogens with one attached hydrogen (secondary N) is 1. The average Bonchev–Trinajstić information content (AvgIpc) is 3.01. The van der Waals surface area contributed by atoms with Crippen molar-refractivity contribution in [2.75, 3.05) is 13.2 Å². The van der Waals surface area contributed by atoms with Gasteiger partial charge in [0.15, 0.2) is 5.65 Å². The summed E-state index contributed by atoms with van der Waals surface area (Å²) in [5, 5.41) is 7.91. The summed E-state index contributed by atoms with van der Waals surface area (Å²) in [5.74, 6) is 0.857. The summed E-state index contributed by atoms with van der Waals surface area (Å²) in [6.07, 6.45) is 2.46. The highest BCUT2D eigenvalue weighted by atomic mass is 16.5. The molecule has 0 bridgehead atoms. The summed E-state index contributed by atoms with van der Waals surface area (Å²) >= 11 is 0. The molecule has 0 saturated carbocycles. The molecule has 0 saturated heterocycles. The fraction of sp³-hybridized carbons (Fsp3) is 0.316. The van der Waals surface area contributed by atoms with E-state index in [9.17, 15) is 4.79 Å². The van der Waals surface area contributed by atoms with E-state index in [-0.39, 0.29) is 5.91 Å². The normalized spacial score (nSPS) is 13.8. The molecular formula is C19H20N4O2. The van der Waals surface area contributed by atoms with Gasteiger partial charge in [0.05, 0.1) is 12.2 Å². The Labute approximate surface area is 145 Å². The Bertz CT molecular complexity index is 948. The monoisotopic (exact) mass is 336 g/mol. The summed E-state index contributed by atoms with van der Waals surface area (Å²) in [5.41, 5.74) is 4.59. The number of carbonyl (C=O) groups is 1. The molecule has 3 aromatic rings.